The lowest BCUT2D eigenvalue weighted by Gasteiger charge is -2.23. The van der Waals surface area contributed by atoms with Crippen LogP contribution in [0.3, 0.4) is 0 Å². The first-order valence-corrected chi connectivity index (χ1v) is 4.92. The molecule has 0 spiro atoms. The number of halogens is 1. The van der Waals surface area contributed by atoms with Gasteiger partial charge in [-0.25, -0.2) is 0 Å². The number of hydrogen-bond donors (Lipinski definition) is 2. The van der Waals surface area contributed by atoms with Gasteiger partial charge in [0.15, 0.2) is 0 Å². The molecule has 0 saturated carbocycles. The van der Waals surface area contributed by atoms with Crippen LogP contribution in [0, 0.1) is 0 Å². The van der Waals surface area contributed by atoms with E-state index in [1.807, 2.05) is 12.1 Å². The highest BCUT2D eigenvalue weighted by molar-refractivity contribution is 5.85. The predicted octanol–water partition coefficient (Wildman–Crippen LogP) is 2.16. The molecule has 1 aromatic rings. The van der Waals surface area contributed by atoms with E-state index in [0.29, 0.717) is 5.92 Å². The first-order valence-electron chi connectivity index (χ1n) is 4.92. The van der Waals surface area contributed by atoms with Crippen LogP contribution in [0.4, 0.5) is 5.69 Å². The summed E-state index contributed by atoms with van der Waals surface area (Å²) in [6, 6.07) is 8.27. The molecule has 2 nitrogen and oxygen atoms in total. The third kappa shape index (κ3) is 2.63. The van der Waals surface area contributed by atoms with Gasteiger partial charge in [-0.15, -0.1) is 12.4 Å². The molecule has 1 aromatic carbocycles. The molecular formula is C11H17ClN2. The lowest BCUT2D eigenvalue weighted by atomic mass is 9.92. The van der Waals surface area contributed by atoms with Crippen molar-refractivity contribution in [3.8, 4) is 0 Å². The maximum absolute atomic E-state index is 5.64. The summed E-state index contributed by atoms with van der Waals surface area (Å²) in [6.45, 7) is 2.29. The van der Waals surface area contributed by atoms with E-state index in [0.717, 1.165) is 12.2 Å². The van der Waals surface area contributed by atoms with Gasteiger partial charge in [0.2, 0.25) is 0 Å². The van der Waals surface area contributed by atoms with Gasteiger partial charge in [0.05, 0.1) is 0 Å². The number of nitrogens with one attached hydrogen (secondary N) is 1. The zero-order valence-corrected chi connectivity index (χ0v) is 9.02. The van der Waals surface area contributed by atoms with Crippen LogP contribution in [0.15, 0.2) is 24.3 Å². The zero-order chi connectivity index (χ0) is 9.10. The van der Waals surface area contributed by atoms with Gasteiger partial charge in [-0.1, -0.05) is 12.1 Å². The molecule has 0 amide bonds. The monoisotopic (exact) mass is 212 g/mol. The van der Waals surface area contributed by atoms with Crippen LogP contribution in [0.1, 0.15) is 24.3 Å². The molecule has 1 saturated heterocycles. The highest BCUT2D eigenvalue weighted by atomic mass is 35.5. The molecule has 1 aliphatic heterocycles. The number of piperidine rings is 1. The Morgan fingerprint density at radius 3 is 2.50 bits per heavy atom. The fourth-order valence-corrected chi connectivity index (χ4v) is 1.90. The van der Waals surface area contributed by atoms with Crippen LogP contribution < -0.4 is 11.1 Å². The average molecular weight is 213 g/mol. The number of nitrogens with two attached hydrogens (primary N) is 1. The second-order valence-corrected chi connectivity index (χ2v) is 3.71. The fraction of sp³-hybridized carbons (Fsp3) is 0.455. The maximum atomic E-state index is 5.64. The van der Waals surface area contributed by atoms with Crippen molar-refractivity contribution in [2.45, 2.75) is 18.8 Å². The summed E-state index contributed by atoms with van der Waals surface area (Å²) in [7, 11) is 0. The summed E-state index contributed by atoms with van der Waals surface area (Å²) in [6.07, 6.45) is 2.59. The zero-order valence-electron chi connectivity index (χ0n) is 8.20. The largest absolute Gasteiger partial charge is 0.399 e. The van der Waals surface area contributed by atoms with Crippen molar-refractivity contribution in [3.63, 3.8) is 0 Å². The quantitative estimate of drug-likeness (QED) is 0.701. The molecule has 0 unspecified atom stereocenters. The SMILES string of the molecule is Cl.Nc1ccc([C@@H]2CCCNC2)cc1. The lowest BCUT2D eigenvalue weighted by Crippen LogP contribution is -2.28. The Kier molecular flexibility index (Phi) is 4.23. The van der Waals surface area contributed by atoms with Gasteiger partial charge in [0.1, 0.15) is 0 Å². The summed E-state index contributed by atoms with van der Waals surface area (Å²) >= 11 is 0. The average Bonchev–Trinajstić information content (AvgIpc) is 2.20. The van der Waals surface area contributed by atoms with Crippen LogP contribution in [0.5, 0.6) is 0 Å². The van der Waals surface area contributed by atoms with Crippen LogP contribution in [0.25, 0.3) is 0 Å². The third-order valence-corrected chi connectivity index (χ3v) is 2.70. The van der Waals surface area contributed by atoms with E-state index < -0.39 is 0 Å². The van der Waals surface area contributed by atoms with Crippen molar-refractivity contribution < 1.29 is 0 Å². The van der Waals surface area contributed by atoms with Crippen LogP contribution >= 0.6 is 12.4 Å². The van der Waals surface area contributed by atoms with Gasteiger partial charge < -0.3 is 11.1 Å². The van der Waals surface area contributed by atoms with Crippen LogP contribution in [-0.4, -0.2) is 13.1 Å². The Balaban J connectivity index is 0.000000980. The molecule has 2 rings (SSSR count). The van der Waals surface area contributed by atoms with Gasteiger partial charge in [0.25, 0.3) is 0 Å². The van der Waals surface area contributed by atoms with Gasteiger partial charge >= 0.3 is 0 Å². The number of benzene rings is 1. The van der Waals surface area contributed by atoms with E-state index in [1.165, 1.54) is 24.9 Å². The highest BCUT2D eigenvalue weighted by Crippen LogP contribution is 2.23. The molecule has 1 aliphatic rings. The molecule has 0 bridgehead atoms. The lowest BCUT2D eigenvalue weighted by molar-refractivity contribution is 0.461. The second kappa shape index (κ2) is 5.23. The Hall–Kier alpha value is -0.730. The molecule has 0 aromatic heterocycles. The van der Waals surface area contributed by atoms with Crippen molar-refractivity contribution in [2.24, 2.45) is 0 Å². The first-order chi connectivity index (χ1) is 6.36. The minimum absolute atomic E-state index is 0. The fourth-order valence-electron chi connectivity index (χ4n) is 1.90. The molecule has 0 aliphatic carbocycles. The van der Waals surface area contributed by atoms with E-state index in [1.54, 1.807) is 0 Å². The molecule has 1 heterocycles. The van der Waals surface area contributed by atoms with Gasteiger partial charge in [-0.3, -0.25) is 0 Å². The van der Waals surface area contributed by atoms with Gasteiger partial charge in [-0.2, -0.15) is 0 Å². The van der Waals surface area contributed by atoms with Gasteiger partial charge in [0, 0.05) is 12.2 Å². The molecule has 1 fully saturated rings. The molecule has 78 valence electrons. The maximum Gasteiger partial charge on any atom is 0.0314 e. The van der Waals surface area contributed by atoms with Gasteiger partial charge in [-0.05, 0) is 43.0 Å². The molecule has 3 N–H and O–H groups in total. The van der Waals surface area contributed by atoms with E-state index in [9.17, 15) is 0 Å². The van der Waals surface area contributed by atoms with Crippen LogP contribution in [-0.2, 0) is 0 Å². The number of rotatable bonds is 1. The Morgan fingerprint density at radius 2 is 1.93 bits per heavy atom. The number of anilines is 1. The Bertz CT molecular complexity index is 265. The summed E-state index contributed by atoms with van der Waals surface area (Å²) in [4.78, 5) is 0. The standard InChI is InChI=1S/C11H16N2.ClH/c12-11-5-3-9(4-6-11)10-2-1-7-13-8-10;/h3-6,10,13H,1-2,7-8,12H2;1H/t10-;/m1./s1. The van der Waals surface area contributed by atoms with Crippen molar-refractivity contribution in [2.75, 3.05) is 18.8 Å². The molecule has 1 atom stereocenters. The van der Waals surface area contributed by atoms with E-state index >= 15 is 0 Å². The smallest absolute Gasteiger partial charge is 0.0314 e. The summed E-state index contributed by atoms with van der Waals surface area (Å²) in [5.41, 5.74) is 7.91. The highest BCUT2D eigenvalue weighted by Gasteiger charge is 2.14. The van der Waals surface area contributed by atoms with E-state index in [2.05, 4.69) is 17.4 Å². The summed E-state index contributed by atoms with van der Waals surface area (Å²) in [5, 5.41) is 3.42. The van der Waals surface area contributed by atoms with Crippen molar-refractivity contribution >= 4 is 18.1 Å². The van der Waals surface area contributed by atoms with E-state index in [-0.39, 0.29) is 12.4 Å². The van der Waals surface area contributed by atoms with Crippen LogP contribution in [0.2, 0.25) is 0 Å². The second-order valence-electron chi connectivity index (χ2n) is 3.71. The summed E-state index contributed by atoms with van der Waals surface area (Å²) in [5.74, 6) is 0.689. The topological polar surface area (TPSA) is 38.0 Å². The number of hydrogen-bond acceptors (Lipinski definition) is 2. The Labute approximate surface area is 91.3 Å². The van der Waals surface area contributed by atoms with Crippen molar-refractivity contribution in [1.82, 2.24) is 5.32 Å². The summed E-state index contributed by atoms with van der Waals surface area (Å²) < 4.78 is 0. The minimum atomic E-state index is 0. The predicted molar refractivity (Wildman–Crippen MR) is 62.9 cm³/mol. The molecule has 3 heteroatoms. The number of nitrogen functional groups attached to an aromatic ring is 1. The van der Waals surface area contributed by atoms with Crippen molar-refractivity contribution in [1.29, 1.82) is 0 Å². The Morgan fingerprint density at radius 1 is 1.21 bits per heavy atom. The normalized spacial score (nSPS) is 21.3. The van der Waals surface area contributed by atoms with E-state index in [4.69, 9.17) is 5.73 Å². The molecule has 0 radical (unpaired) electrons. The molecular weight excluding hydrogens is 196 g/mol. The minimum Gasteiger partial charge on any atom is -0.399 e. The van der Waals surface area contributed by atoms with Crippen molar-refractivity contribution in [3.05, 3.63) is 29.8 Å². The molecule has 14 heavy (non-hydrogen) atoms. The third-order valence-electron chi connectivity index (χ3n) is 2.70. The first kappa shape index (κ1) is 11.3.